The highest BCUT2D eigenvalue weighted by Gasteiger charge is 2.24. The van der Waals surface area contributed by atoms with Crippen LogP contribution in [0.15, 0.2) is 30.3 Å². The lowest BCUT2D eigenvalue weighted by Gasteiger charge is -2.36. The summed E-state index contributed by atoms with van der Waals surface area (Å²) < 4.78 is 0. The molecule has 0 atom stereocenters. The SMILES string of the molecule is Cc1ccc(C(=O)N2CCN(c3cc(C)nc(N4CCCCC4)n3)CC2)cc1. The second-order valence-corrected chi connectivity index (χ2v) is 7.86. The number of rotatable bonds is 3. The fourth-order valence-electron chi connectivity index (χ4n) is 3.95. The monoisotopic (exact) mass is 379 g/mol. The lowest BCUT2D eigenvalue weighted by Crippen LogP contribution is -2.49. The van der Waals surface area contributed by atoms with Gasteiger partial charge in [0.05, 0.1) is 0 Å². The summed E-state index contributed by atoms with van der Waals surface area (Å²) in [6.07, 6.45) is 3.73. The summed E-state index contributed by atoms with van der Waals surface area (Å²) in [6, 6.07) is 9.89. The van der Waals surface area contributed by atoms with Crippen molar-refractivity contribution in [2.45, 2.75) is 33.1 Å². The van der Waals surface area contributed by atoms with E-state index in [1.165, 1.54) is 24.8 Å². The maximum Gasteiger partial charge on any atom is 0.253 e. The Hall–Kier alpha value is -2.63. The first-order valence-corrected chi connectivity index (χ1v) is 10.3. The molecule has 0 spiro atoms. The molecule has 2 saturated heterocycles. The lowest BCUT2D eigenvalue weighted by molar-refractivity contribution is 0.0746. The molecule has 0 radical (unpaired) electrons. The number of carbonyl (C=O) groups is 1. The molecule has 0 N–H and O–H groups in total. The Morgan fingerprint density at radius 1 is 0.821 bits per heavy atom. The van der Waals surface area contributed by atoms with Gasteiger partial charge < -0.3 is 14.7 Å². The molecule has 0 bridgehead atoms. The highest BCUT2D eigenvalue weighted by molar-refractivity contribution is 5.94. The molecule has 6 nitrogen and oxygen atoms in total. The van der Waals surface area contributed by atoms with E-state index in [2.05, 4.69) is 20.9 Å². The van der Waals surface area contributed by atoms with E-state index >= 15 is 0 Å². The normalized spacial score (nSPS) is 17.7. The van der Waals surface area contributed by atoms with Crippen molar-refractivity contribution in [2.24, 2.45) is 0 Å². The third-order valence-corrected chi connectivity index (χ3v) is 5.66. The van der Waals surface area contributed by atoms with E-state index in [-0.39, 0.29) is 5.91 Å². The molecule has 28 heavy (non-hydrogen) atoms. The number of carbonyl (C=O) groups excluding carboxylic acids is 1. The van der Waals surface area contributed by atoms with Gasteiger partial charge in [-0.05, 0) is 45.2 Å². The topological polar surface area (TPSA) is 52.6 Å². The maximum absolute atomic E-state index is 12.7. The van der Waals surface area contributed by atoms with Crippen LogP contribution in [0.2, 0.25) is 0 Å². The molecule has 1 amide bonds. The van der Waals surface area contributed by atoms with Crippen LogP contribution in [0.5, 0.6) is 0 Å². The Bertz CT molecular complexity index is 821. The minimum atomic E-state index is 0.118. The minimum Gasteiger partial charge on any atom is -0.353 e. The number of hydrogen-bond acceptors (Lipinski definition) is 5. The van der Waals surface area contributed by atoms with Gasteiger partial charge in [-0.3, -0.25) is 4.79 Å². The molecule has 1 aromatic heterocycles. The van der Waals surface area contributed by atoms with E-state index in [1.807, 2.05) is 43.0 Å². The van der Waals surface area contributed by atoms with E-state index < -0.39 is 0 Å². The van der Waals surface area contributed by atoms with Crippen molar-refractivity contribution in [2.75, 3.05) is 49.1 Å². The Labute approximate surface area is 167 Å². The van der Waals surface area contributed by atoms with Crippen LogP contribution in [0.3, 0.4) is 0 Å². The van der Waals surface area contributed by atoms with Crippen molar-refractivity contribution in [3.8, 4) is 0 Å². The third-order valence-electron chi connectivity index (χ3n) is 5.66. The van der Waals surface area contributed by atoms with E-state index in [0.717, 1.165) is 62.3 Å². The Balaban J connectivity index is 1.42. The molecule has 2 aromatic rings. The van der Waals surface area contributed by atoms with Crippen LogP contribution in [0.25, 0.3) is 0 Å². The Morgan fingerprint density at radius 3 is 2.18 bits per heavy atom. The fraction of sp³-hybridized carbons (Fsp3) is 0.500. The van der Waals surface area contributed by atoms with Crippen LogP contribution in [0.1, 0.15) is 40.9 Å². The van der Waals surface area contributed by atoms with Crippen molar-refractivity contribution >= 4 is 17.7 Å². The van der Waals surface area contributed by atoms with Gasteiger partial charge in [0.15, 0.2) is 0 Å². The molecule has 1 aromatic carbocycles. The number of amides is 1. The van der Waals surface area contributed by atoms with Gasteiger partial charge in [0.2, 0.25) is 5.95 Å². The highest BCUT2D eigenvalue weighted by Crippen LogP contribution is 2.22. The van der Waals surface area contributed by atoms with Crippen LogP contribution in [-0.2, 0) is 0 Å². The summed E-state index contributed by atoms with van der Waals surface area (Å²) in [4.78, 5) is 28.8. The van der Waals surface area contributed by atoms with Gasteiger partial charge in [0.1, 0.15) is 5.82 Å². The predicted molar refractivity (Wildman–Crippen MR) is 112 cm³/mol. The zero-order valence-corrected chi connectivity index (χ0v) is 16.9. The summed E-state index contributed by atoms with van der Waals surface area (Å²) >= 11 is 0. The number of benzene rings is 1. The number of anilines is 2. The predicted octanol–water partition coefficient (Wildman–Crippen LogP) is 3.05. The molecule has 0 saturated carbocycles. The van der Waals surface area contributed by atoms with Gasteiger partial charge in [0, 0.05) is 56.6 Å². The van der Waals surface area contributed by atoms with Gasteiger partial charge in [-0.25, -0.2) is 4.98 Å². The van der Waals surface area contributed by atoms with Gasteiger partial charge in [-0.15, -0.1) is 0 Å². The van der Waals surface area contributed by atoms with Gasteiger partial charge in [0.25, 0.3) is 5.91 Å². The second kappa shape index (κ2) is 8.17. The van der Waals surface area contributed by atoms with Gasteiger partial charge in [-0.1, -0.05) is 17.7 Å². The highest BCUT2D eigenvalue weighted by atomic mass is 16.2. The maximum atomic E-state index is 12.7. The number of hydrogen-bond donors (Lipinski definition) is 0. The largest absolute Gasteiger partial charge is 0.353 e. The average molecular weight is 380 g/mol. The third kappa shape index (κ3) is 4.11. The first-order chi connectivity index (χ1) is 13.6. The van der Waals surface area contributed by atoms with E-state index in [4.69, 9.17) is 4.98 Å². The molecule has 2 fully saturated rings. The molecule has 6 heteroatoms. The van der Waals surface area contributed by atoms with Crippen LogP contribution >= 0.6 is 0 Å². The van der Waals surface area contributed by atoms with Crippen molar-refractivity contribution < 1.29 is 4.79 Å². The van der Waals surface area contributed by atoms with E-state index in [0.29, 0.717) is 0 Å². The zero-order valence-electron chi connectivity index (χ0n) is 16.9. The molecule has 0 aliphatic carbocycles. The van der Waals surface area contributed by atoms with Gasteiger partial charge >= 0.3 is 0 Å². The minimum absolute atomic E-state index is 0.118. The summed E-state index contributed by atoms with van der Waals surface area (Å²) in [7, 11) is 0. The molecule has 148 valence electrons. The van der Waals surface area contributed by atoms with Crippen molar-refractivity contribution in [3.05, 3.63) is 47.2 Å². The summed E-state index contributed by atoms with van der Waals surface area (Å²) in [5.41, 5.74) is 2.94. The molecule has 2 aliphatic rings. The standard InChI is InChI=1S/C22H29N5O/c1-17-6-8-19(9-7-17)21(28)26-14-12-25(13-15-26)20-16-18(2)23-22(24-20)27-10-4-3-5-11-27/h6-9,16H,3-5,10-15H2,1-2H3. The van der Waals surface area contributed by atoms with Gasteiger partial charge in [-0.2, -0.15) is 4.98 Å². The second-order valence-electron chi connectivity index (χ2n) is 7.86. The summed E-state index contributed by atoms with van der Waals surface area (Å²) in [5.74, 6) is 1.95. The smallest absolute Gasteiger partial charge is 0.253 e. The van der Waals surface area contributed by atoms with E-state index in [9.17, 15) is 4.79 Å². The Kier molecular flexibility index (Phi) is 5.46. The number of aromatic nitrogens is 2. The van der Waals surface area contributed by atoms with Crippen molar-refractivity contribution in [1.82, 2.24) is 14.9 Å². The van der Waals surface area contributed by atoms with E-state index in [1.54, 1.807) is 0 Å². The number of piperazine rings is 1. The first-order valence-electron chi connectivity index (χ1n) is 10.3. The van der Waals surface area contributed by atoms with Crippen LogP contribution in [0.4, 0.5) is 11.8 Å². The first kappa shape index (κ1) is 18.7. The molecular weight excluding hydrogens is 350 g/mol. The Morgan fingerprint density at radius 2 is 1.50 bits per heavy atom. The zero-order chi connectivity index (χ0) is 19.5. The van der Waals surface area contributed by atoms with Crippen molar-refractivity contribution in [3.63, 3.8) is 0 Å². The lowest BCUT2D eigenvalue weighted by atomic mass is 10.1. The van der Waals surface area contributed by atoms with Crippen LogP contribution in [0, 0.1) is 13.8 Å². The molecule has 2 aliphatic heterocycles. The number of aryl methyl sites for hydroxylation is 2. The summed E-state index contributed by atoms with van der Waals surface area (Å²) in [6.45, 7) is 9.19. The fourth-order valence-corrected chi connectivity index (χ4v) is 3.95. The average Bonchev–Trinajstić information content (AvgIpc) is 2.74. The van der Waals surface area contributed by atoms with Crippen molar-refractivity contribution in [1.29, 1.82) is 0 Å². The molecular formula is C22H29N5O. The van der Waals surface area contributed by atoms with Crippen LogP contribution in [-0.4, -0.2) is 60.0 Å². The summed E-state index contributed by atoms with van der Waals surface area (Å²) in [5, 5.41) is 0. The molecule has 0 unspecified atom stereocenters. The quantitative estimate of drug-likeness (QED) is 0.820. The number of piperidine rings is 1. The molecule has 4 rings (SSSR count). The van der Waals surface area contributed by atoms with Crippen LogP contribution < -0.4 is 9.80 Å². The molecule has 3 heterocycles. The number of nitrogens with zero attached hydrogens (tertiary/aromatic N) is 5.